The van der Waals surface area contributed by atoms with Crippen LogP contribution in [0.1, 0.15) is 19.3 Å². The standard InChI is InChI=1S/C8H12F2O2S/c9-8(10,5-7(11)12)6-1-3-13-4-2-6/h6H,1-5H2,(H,11,12). The Morgan fingerprint density at radius 2 is 2.00 bits per heavy atom. The molecule has 0 saturated carbocycles. The van der Waals surface area contributed by atoms with Crippen molar-refractivity contribution in [2.75, 3.05) is 11.5 Å². The summed E-state index contributed by atoms with van der Waals surface area (Å²) in [5.41, 5.74) is 0. The van der Waals surface area contributed by atoms with E-state index in [4.69, 9.17) is 5.11 Å². The minimum absolute atomic E-state index is 0.435. The number of alkyl halides is 2. The third-order valence-corrected chi connectivity index (χ3v) is 3.25. The fourth-order valence-electron chi connectivity index (χ4n) is 1.47. The molecule has 0 amide bonds. The van der Waals surface area contributed by atoms with Crippen LogP contribution < -0.4 is 0 Å². The number of thioether (sulfide) groups is 1. The molecule has 0 aromatic rings. The van der Waals surface area contributed by atoms with Gasteiger partial charge in [-0.25, -0.2) is 8.78 Å². The van der Waals surface area contributed by atoms with E-state index in [9.17, 15) is 13.6 Å². The topological polar surface area (TPSA) is 37.3 Å². The average molecular weight is 210 g/mol. The van der Waals surface area contributed by atoms with Gasteiger partial charge in [0, 0.05) is 5.92 Å². The summed E-state index contributed by atoms with van der Waals surface area (Å²) in [6.07, 6.45) is -0.155. The zero-order chi connectivity index (χ0) is 9.90. The number of hydrogen-bond acceptors (Lipinski definition) is 2. The minimum atomic E-state index is -3.02. The van der Waals surface area contributed by atoms with Crippen LogP contribution in [0.15, 0.2) is 0 Å². The molecule has 0 unspecified atom stereocenters. The molecule has 0 aromatic carbocycles. The molecule has 1 fully saturated rings. The van der Waals surface area contributed by atoms with Gasteiger partial charge in [0.05, 0.1) is 0 Å². The molecule has 76 valence electrons. The van der Waals surface area contributed by atoms with Gasteiger partial charge in [0.1, 0.15) is 6.42 Å². The SMILES string of the molecule is O=C(O)CC(F)(F)C1CCSCC1. The molecule has 0 aromatic heterocycles. The summed E-state index contributed by atoms with van der Waals surface area (Å²) in [6.45, 7) is 0. The van der Waals surface area contributed by atoms with Gasteiger partial charge in [-0.2, -0.15) is 11.8 Å². The van der Waals surface area contributed by atoms with E-state index in [1.807, 2.05) is 0 Å². The molecule has 1 aliphatic heterocycles. The van der Waals surface area contributed by atoms with Crippen molar-refractivity contribution < 1.29 is 18.7 Å². The molecule has 0 aliphatic carbocycles. The van der Waals surface area contributed by atoms with E-state index in [-0.39, 0.29) is 0 Å². The predicted octanol–water partition coefficient (Wildman–Crippen LogP) is 2.24. The molecule has 0 spiro atoms. The smallest absolute Gasteiger partial charge is 0.309 e. The molecule has 5 heteroatoms. The van der Waals surface area contributed by atoms with Crippen LogP contribution in [0.4, 0.5) is 8.78 Å². The number of carbonyl (C=O) groups is 1. The number of carboxylic acids is 1. The van der Waals surface area contributed by atoms with Crippen LogP contribution in [0, 0.1) is 5.92 Å². The molecule has 13 heavy (non-hydrogen) atoms. The lowest BCUT2D eigenvalue weighted by Crippen LogP contribution is -2.33. The van der Waals surface area contributed by atoms with Gasteiger partial charge in [-0.05, 0) is 24.3 Å². The van der Waals surface area contributed by atoms with E-state index in [0.717, 1.165) is 11.5 Å². The number of hydrogen-bond donors (Lipinski definition) is 1. The number of rotatable bonds is 3. The molecule has 1 aliphatic rings. The van der Waals surface area contributed by atoms with Gasteiger partial charge in [-0.15, -0.1) is 0 Å². The number of halogens is 2. The second-order valence-corrected chi connectivity index (χ2v) is 4.44. The van der Waals surface area contributed by atoms with Crippen molar-refractivity contribution in [1.82, 2.24) is 0 Å². The predicted molar refractivity (Wildman–Crippen MR) is 47.2 cm³/mol. The second-order valence-electron chi connectivity index (χ2n) is 3.22. The normalized spacial score (nSPS) is 20.2. The van der Waals surface area contributed by atoms with E-state index < -0.39 is 24.2 Å². The first-order chi connectivity index (χ1) is 6.02. The lowest BCUT2D eigenvalue weighted by Gasteiger charge is -2.28. The molecule has 0 radical (unpaired) electrons. The summed E-state index contributed by atoms with van der Waals surface area (Å²) in [4.78, 5) is 10.2. The highest BCUT2D eigenvalue weighted by atomic mass is 32.2. The summed E-state index contributed by atoms with van der Waals surface area (Å²) in [5, 5.41) is 8.29. The lowest BCUT2D eigenvalue weighted by molar-refractivity contribution is -0.149. The molecular formula is C8H12F2O2S. The Labute approximate surface area is 79.7 Å². The molecule has 1 rings (SSSR count). The molecule has 1 N–H and O–H groups in total. The van der Waals surface area contributed by atoms with E-state index in [2.05, 4.69) is 0 Å². The third kappa shape index (κ3) is 3.14. The highest BCUT2D eigenvalue weighted by Crippen LogP contribution is 2.37. The monoisotopic (exact) mass is 210 g/mol. The average Bonchev–Trinajstić information content (AvgIpc) is 2.04. The van der Waals surface area contributed by atoms with Crippen molar-refractivity contribution in [3.8, 4) is 0 Å². The first-order valence-corrected chi connectivity index (χ1v) is 5.35. The quantitative estimate of drug-likeness (QED) is 0.776. The number of carboxylic acid groups (broad SMARTS) is 1. The Kier molecular flexibility index (Phi) is 3.53. The van der Waals surface area contributed by atoms with E-state index in [0.29, 0.717) is 12.8 Å². The van der Waals surface area contributed by atoms with Crippen molar-refractivity contribution in [2.45, 2.75) is 25.2 Å². The van der Waals surface area contributed by atoms with E-state index in [1.165, 1.54) is 0 Å². The molecule has 0 bridgehead atoms. The Morgan fingerprint density at radius 3 is 2.46 bits per heavy atom. The summed E-state index contributed by atoms with van der Waals surface area (Å²) in [7, 11) is 0. The summed E-state index contributed by atoms with van der Waals surface area (Å²) < 4.78 is 26.3. The second kappa shape index (κ2) is 4.26. The van der Waals surface area contributed by atoms with E-state index >= 15 is 0 Å². The lowest BCUT2D eigenvalue weighted by atomic mass is 9.93. The molecule has 1 saturated heterocycles. The third-order valence-electron chi connectivity index (χ3n) is 2.21. The van der Waals surface area contributed by atoms with Gasteiger partial charge in [-0.3, -0.25) is 4.79 Å². The first-order valence-electron chi connectivity index (χ1n) is 4.20. The van der Waals surface area contributed by atoms with Crippen molar-refractivity contribution in [3.63, 3.8) is 0 Å². The summed E-state index contributed by atoms with van der Waals surface area (Å²) in [6, 6.07) is 0. The maximum Gasteiger partial charge on any atom is 0.309 e. The Balaban J connectivity index is 2.50. The molecular weight excluding hydrogens is 198 g/mol. The maximum atomic E-state index is 13.2. The maximum absolute atomic E-state index is 13.2. The zero-order valence-corrected chi connectivity index (χ0v) is 7.95. The van der Waals surface area contributed by atoms with Gasteiger partial charge >= 0.3 is 5.97 Å². The van der Waals surface area contributed by atoms with Crippen LogP contribution >= 0.6 is 11.8 Å². The van der Waals surface area contributed by atoms with Crippen LogP contribution in [0.5, 0.6) is 0 Å². The largest absolute Gasteiger partial charge is 0.481 e. The van der Waals surface area contributed by atoms with Crippen LogP contribution in [0.2, 0.25) is 0 Å². The van der Waals surface area contributed by atoms with Crippen molar-refractivity contribution in [2.24, 2.45) is 5.92 Å². The Bertz CT molecular complexity index is 191. The molecule has 0 atom stereocenters. The van der Waals surface area contributed by atoms with Gasteiger partial charge in [0.15, 0.2) is 0 Å². The Hall–Kier alpha value is -0.320. The molecule has 1 heterocycles. The van der Waals surface area contributed by atoms with Crippen molar-refractivity contribution >= 4 is 17.7 Å². The van der Waals surface area contributed by atoms with Gasteiger partial charge in [0.25, 0.3) is 5.92 Å². The fourth-order valence-corrected chi connectivity index (χ4v) is 2.57. The van der Waals surface area contributed by atoms with Crippen LogP contribution in [-0.2, 0) is 4.79 Å². The Morgan fingerprint density at radius 1 is 1.46 bits per heavy atom. The van der Waals surface area contributed by atoms with E-state index in [1.54, 1.807) is 11.8 Å². The molecule has 2 nitrogen and oxygen atoms in total. The van der Waals surface area contributed by atoms with Crippen LogP contribution in [0.3, 0.4) is 0 Å². The van der Waals surface area contributed by atoms with Gasteiger partial charge in [0.2, 0.25) is 0 Å². The van der Waals surface area contributed by atoms with Crippen LogP contribution in [0.25, 0.3) is 0 Å². The fraction of sp³-hybridized carbons (Fsp3) is 0.875. The number of aliphatic carboxylic acids is 1. The summed E-state index contributed by atoms with van der Waals surface area (Å²) >= 11 is 1.65. The highest BCUT2D eigenvalue weighted by Gasteiger charge is 2.41. The minimum Gasteiger partial charge on any atom is -0.481 e. The summed E-state index contributed by atoms with van der Waals surface area (Å²) in [5.74, 6) is -3.72. The highest BCUT2D eigenvalue weighted by molar-refractivity contribution is 7.99. The van der Waals surface area contributed by atoms with Gasteiger partial charge in [-0.1, -0.05) is 0 Å². The van der Waals surface area contributed by atoms with Crippen molar-refractivity contribution in [3.05, 3.63) is 0 Å². The zero-order valence-electron chi connectivity index (χ0n) is 7.13. The van der Waals surface area contributed by atoms with Gasteiger partial charge < -0.3 is 5.11 Å². The first kappa shape index (κ1) is 10.8. The van der Waals surface area contributed by atoms with Crippen LogP contribution in [-0.4, -0.2) is 28.5 Å². The van der Waals surface area contributed by atoms with Crippen molar-refractivity contribution in [1.29, 1.82) is 0 Å².